The molecule has 1 aliphatic heterocycles. The maximum Gasteiger partial charge on any atom is 0.396 e. The molecule has 1 aliphatic rings. The lowest BCUT2D eigenvalue weighted by Gasteiger charge is -2.25. The molecule has 0 bridgehead atoms. The zero-order valence-electron chi connectivity index (χ0n) is 9.76. The minimum absolute atomic E-state index is 0.0754. The number of nitrogens with zero attached hydrogens (tertiary/aromatic N) is 1. The molecule has 0 saturated heterocycles. The molecule has 0 fully saturated rings. The Morgan fingerprint density at radius 3 is 2.44 bits per heavy atom. The van der Waals surface area contributed by atoms with Gasteiger partial charge >= 0.3 is 6.18 Å². The molecule has 1 atom stereocenters. The summed E-state index contributed by atoms with van der Waals surface area (Å²) in [5.74, 6) is -2.85. The van der Waals surface area contributed by atoms with Gasteiger partial charge < -0.3 is 5.32 Å². The molecule has 0 aliphatic carbocycles. The van der Waals surface area contributed by atoms with Crippen molar-refractivity contribution in [2.45, 2.75) is 38.4 Å². The summed E-state index contributed by atoms with van der Waals surface area (Å²) in [7, 11) is 0. The Morgan fingerprint density at radius 2 is 1.94 bits per heavy atom. The number of fused-ring (bicyclic) bond motifs is 1. The number of aromatic nitrogens is 2. The Bertz CT molecular complexity index is 542. The predicted octanol–water partition coefficient (Wildman–Crippen LogP) is 1.75. The van der Waals surface area contributed by atoms with Crippen LogP contribution in [0.4, 0.5) is 19.0 Å². The van der Waals surface area contributed by atoms with Gasteiger partial charge in [0.25, 0.3) is 5.56 Å². The minimum atomic E-state index is -4.61. The van der Waals surface area contributed by atoms with E-state index in [4.69, 9.17) is 0 Å². The highest BCUT2D eigenvalue weighted by molar-refractivity contribution is 5.93. The first kappa shape index (κ1) is 12.7. The van der Waals surface area contributed by atoms with Crippen LogP contribution >= 0.6 is 0 Å². The van der Waals surface area contributed by atoms with Crippen molar-refractivity contribution in [3.05, 3.63) is 15.9 Å². The average Bonchev–Trinajstić information content (AvgIpc) is 2.53. The summed E-state index contributed by atoms with van der Waals surface area (Å²) in [5.41, 5.74) is -1.21. The van der Waals surface area contributed by atoms with Gasteiger partial charge in [0, 0.05) is 12.5 Å². The van der Waals surface area contributed by atoms with Crippen LogP contribution in [0, 0.1) is 0 Å². The lowest BCUT2D eigenvalue weighted by atomic mass is 9.93. The number of hydrogen-bond donors (Lipinski definition) is 2. The van der Waals surface area contributed by atoms with Gasteiger partial charge in [-0.2, -0.15) is 13.2 Å². The average molecular weight is 263 g/mol. The fourth-order valence-corrected chi connectivity index (χ4v) is 2.05. The van der Waals surface area contributed by atoms with Gasteiger partial charge in [0.1, 0.15) is 5.82 Å². The Kier molecular flexibility index (Phi) is 2.75. The van der Waals surface area contributed by atoms with E-state index in [9.17, 15) is 22.8 Å². The van der Waals surface area contributed by atoms with E-state index in [1.54, 1.807) is 13.8 Å². The summed E-state index contributed by atoms with van der Waals surface area (Å²) in [6.07, 6.45) is -5.36. The van der Waals surface area contributed by atoms with Gasteiger partial charge in [-0.15, -0.1) is 0 Å². The van der Waals surface area contributed by atoms with Crippen LogP contribution in [0.5, 0.6) is 0 Å². The maximum atomic E-state index is 12.8. The van der Waals surface area contributed by atoms with Gasteiger partial charge in [-0.05, 0) is 13.8 Å². The summed E-state index contributed by atoms with van der Waals surface area (Å²) in [6, 6.07) is -0.256. The second kappa shape index (κ2) is 3.89. The molecule has 2 heterocycles. The third-order valence-electron chi connectivity index (χ3n) is 2.87. The van der Waals surface area contributed by atoms with Crippen LogP contribution in [0.1, 0.15) is 37.8 Å². The number of carbonyl (C=O) groups excluding carboxylic acids is 1. The number of amides is 1. The van der Waals surface area contributed by atoms with Crippen molar-refractivity contribution in [3.8, 4) is 0 Å². The lowest BCUT2D eigenvalue weighted by molar-refractivity contribution is -0.157. The van der Waals surface area contributed by atoms with Crippen LogP contribution < -0.4 is 10.9 Å². The third kappa shape index (κ3) is 1.91. The van der Waals surface area contributed by atoms with Crippen molar-refractivity contribution in [3.63, 3.8) is 0 Å². The van der Waals surface area contributed by atoms with E-state index in [2.05, 4.69) is 10.4 Å². The molecule has 8 heteroatoms. The van der Waals surface area contributed by atoms with E-state index < -0.39 is 35.5 Å². The summed E-state index contributed by atoms with van der Waals surface area (Å²) >= 11 is 0. The van der Waals surface area contributed by atoms with Crippen LogP contribution in [0.15, 0.2) is 4.79 Å². The van der Waals surface area contributed by atoms with Crippen molar-refractivity contribution >= 4 is 11.7 Å². The van der Waals surface area contributed by atoms with Crippen LogP contribution in [0.25, 0.3) is 0 Å². The molecule has 0 aromatic carbocycles. The van der Waals surface area contributed by atoms with Crippen LogP contribution in [-0.4, -0.2) is 21.9 Å². The smallest absolute Gasteiger partial charge is 0.311 e. The Hall–Kier alpha value is -1.73. The van der Waals surface area contributed by atoms with Crippen molar-refractivity contribution < 1.29 is 18.0 Å². The van der Waals surface area contributed by atoms with Crippen LogP contribution in [-0.2, 0) is 4.79 Å². The van der Waals surface area contributed by atoms with Gasteiger partial charge in [0.2, 0.25) is 5.91 Å². The Balaban J connectivity index is 2.63. The summed E-state index contributed by atoms with van der Waals surface area (Å²) in [4.78, 5) is 23.0. The predicted molar refractivity (Wildman–Crippen MR) is 57.5 cm³/mol. The number of aromatic amines is 1. The molecule has 100 valence electrons. The first-order valence-corrected chi connectivity index (χ1v) is 5.42. The van der Waals surface area contributed by atoms with Crippen molar-refractivity contribution in [1.82, 2.24) is 9.78 Å². The number of H-pyrrole nitrogens is 1. The zero-order chi connectivity index (χ0) is 13.7. The summed E-state index contributed by atoms with van der Waals surface area (Å²) in [5, 5.41) is 4.65. The molecule has 18 heavy (non-hydrogen) atoms. The second-order valence-electron chi connectivity index (χ2n) is 4.51. The van der Waals surface area contributed by atoms with E-state index in [1.165, 1.54) is 4.68 Å². The quantitative estimate of drug-likeness (QED) is 0.810. The second-order valence-corrected chi connectivity index (χ2v) is 4.51. The summed E-state index contributed by atoms with van der Waals surface area (Å²) < 4.78 is 39.8. The number of hydrogen-bond acceptors (Lipinski definition) is 2. The van der Waals surface area contributed by atoms with Crippen LogP contribution in [0.3, 0.4) is 0 Å². The molecular weight excluding hydrogens is 251 g/mol. The normalized spacial score (nSPS) is 19.9. The molecule has 0 spiro atoms. The molecule has 0 saturated carbocycles. The number of anilines is 1. The van der Waals surface area contributed by atoms with Gasteiger partial charge in [-0.25, -0.2) is 0 Å². The SMILES string of the molecule is CC(C)n1[nH]c(=O)c2c1NC(=O)C[C@H]2C(F)(F)F. The number of carbonyl (C=O) groups is 1. The zero-order valence-corrected chi connectivity index (χ0v) is 9.76. The van der Waals surface area contributed by atoms with E-state index in [0.717, 1.165) is 0 Å². The fourth-order valence-electron chi connectivity index (χ4n) is 2.05. The minimum Gasteiger partial charge on any atom is -0.311 e. The number of nitrogens with one attached hydrogen (secondary N) is 2. The van der Waals surface area contributed by atoms with Gasteiger partial charge in [0.15, 0.2) is 0 Å². The highest BCUT2D eigenvalue weighted by atomic mass is 19.4. The van der Waals surface area contributed by atoms with E-state index in [0.29, 0.717) is 0 Å². The molecule has 0 radical (unpaired) electrons. The molecule has 1 amide bonds. The molecule has 2 rings (SSSR count). The molecule has 2 N–H and O–H groups in total. The number of rotatable bonds is 1. The molecule has 5 nitrogen and oxygen atoms in total. The van der Waals surface area contributed by atoms with Crippen LogP contribution in [0.2, 0.25) is 0 Å². The lowest BCUT2D eigenvalue weighted by Crippen LogP contribution is -2.34. The molecule has 1 aromatic rings. The third-order valence-corrected chi connectivity index (χ3v) is 2.87. The Morgan fingerprint density at radius 1 is 1.33 bits per heavy atom. The summed E-state index contributed by atoms with van der Waals surface area (Å²) in [6.45, 7) is 3.39. The topological polar surface area (TPSA) is 66.9 Å². The van der Waals surface area contributed by atoms with Gasteiger partial charge in [-0.3, -0.25) is 19.4 Å². The standard InChI is InChI=1S/C10H12F3N3O2/c1-4(2)16-8-7(9(18)15-16)5(10(11,12)13)3-6(17)14-8/h4-5H,3H2,1-2H3,(H,14,17)(H,15,18)/t5-/m1/s1. The van der Waals surface area contributed by atoms with Gasteiger partial charge in [0.05, 0.1) is 11.5 Å². The van der Waals surface area contributed by atoms with E-state index in [-0.39, 0.29) is 11.9 Å². The Labute approximate surface area is 100.0 Å². The number of alkyl halides is 3. The van der Waals surface area contributed by atoms with Gasteiger partial charge in [-0.1, -0.05) is 0 Å². The first-order valence-electron chi connectivity index (χ1n) is 5.42. The van der Waals surface area contributed by atoms with Crippen molar-refractivity contribution in [2.75, 3.05) is 5.32 Å². The molecular formula is C10H12F3N3O2. The molecule has 0 unspecified atom stereocenters. The number of halogens is 3. The fraction of sp³-hybridized carbons (Fsp3) is 0.600. The first-order chi connectivity index (χ1) is 8.21. The maximum absolute atomic E-state index is 12.8. The monoisotopic (exact) mass is 263 g/mol. The van der Waals surface area contributed by atoms with Crippen molar-refractivity contribution in [2.24, 2.45) is 0 Å². The highest BCUT2D eigenvalue weighted by Crippen LogP contribution is 2.41. The highest BCUT2D eigenvalue weighted by Gasteiger charge is 2.48. The largest absolute Gasteiger partial charge is 0.396 e. The van der Waals surface area contributed by atoms with E-state index in [1.807, 2.05) is 0 Å². The van der Waals surface area contributed by atoms with Crippen molar-refractivity contribution in [1.29, 1.82) is 0 Å². The van der Waals surface area contributed by atoms with E-state index >= 15 is 0 Å². The molecule has 1 aromatic heterocycles.